The highest BCUT2D eigenvalue weighted by Gasteiger charge is 2.40. The topological polar surface area (TPSA) is 62.4 Å². The molecule has 1 aromatic heterocycles. The molecule has 1 aromatic rings. The van der Waals surface area contributed by atoms with Gasteiger partial charge in [-0.05, 0) is 52.1 Å². The average Bonchev–Trinajstić information content (AvgIpc) is 3.00. The smallest absolute Gasteiger partial charge is 0.232 e. The number of aliphatic hydroxyl groups is 1. The van der Waals surface area contributed by atoms with Gasteiger partial charge < -0.3 is 9.63 Å². The van der Waals surface area contributed by atoms with Gasteiger partial charge in [0.05, 0.1) is 6.10 Å². The van der Waals surface area contributed by atoms with E-state index in [4.69, 9.17) is 4.52 Å². The largest absolute Gasteiger partial charge is 0.391 e. The standard InChI is InChI=1S/C14H23N3O2/c1-10-15-13(19-16-10)14(2)6-8-17(9-7-14)11-4-3-5-12(11)18/h11-12,18H,3-9H2,1-2H3/t11-,12+/m0/s1. The first kappa shape index (κ1) is 13.1. The van der Waals surface area contributed by atoms with Gasteiger partial charge in [-0.2, -0.15) is 4.98 Å². The van der Waals surface area contributed by atoms with E-state index < -0.39 is 0 Å². The van der Waals surface area contributed by atoms with Crippen molar-refractivity contribution in [3.63, 3.8) is 0 Å². The van der Waals surface area contributed by atoms with Crippen LogP contribution in [-0.2, 0) is 5.41 Å². The molecule has 1 saturated carbocycles. The Morgan fingerprint density at radius 2 is 2.05 bits per heavy atom. The Morgan fingerprint density at radius 1 is 1.32 bits per heavy atom. The molecule has 0 unspecified atom stereocenters. The van der Waals surface area contributed by atoms with Crippen LogP contribution in [0.2, 0.25) is 0 Å². The molecule has 0 bridgehead atoms. The van der Waals surface area contributed by atoms with E-state index in [1.165, 1.54) is 0 Å². The lowest BCUT2D eigenvalue weighted by Gasteiger charge is -2.40. The molecule has 3 rings (SSSR count). The highest BCUT2D eigenvalue weighted by molar-refractivity contribution is 5.06. The molecular weight excluding hydrogens is 242 g/mol. The van der Waals surface area contributed by atoms with Gasteiger partial charge in [-0.1, -0.05) is 12.1 Å². The van der Waals surface area contributed by atoms with E-state index in [-0.39, 0.29) is 11.5 Å². The van der Waals surface area contributed by atoms with Gasteiger partial charge >= 0.3 is 0 Å². The molecule has 2 fully saturated rings. The first-order chi connectivity index (χ1) is 9.08. The summed E-state index contributed by atoms with van der Waals surface area (Å²) < 4.78 is 5.36. The number of likely N-dealkylation sites (tertiary alicyclic amines) is 1. The van der Waals surface area contributed by atoms with E-state index in [9.17, 15) is 5.11 Å². The van der Waals surface area contributed by atoms with Crippen molar-refractivity contribution in [2.75, 3.05) is 13.1 Å². The van der Waals surface area contributed by atoms with Crippen LogP contribution in [0.15, 0.2) is 4.52 Å². The van der Waals surface area contributed by atoms with E-state index >= 15 is 0 Å². The van der Waals surface area contributed by atoms with Crippen LogP contribution in [0.25, 0.3) is 0 Å². The van der Waals surface area contributed by atoms with Gasteiger partial charge in [-0.25, -0.2) is 0 Å². The lowest BCUT2D eigenvalue weighted by molar-refractivity contribution is 0.0389. The highest BCUT2D eigenvalue weighted by atomic mass is 16.5. The summed E-state index contributed by atoms with van der Waals surface area (Å²) in [4.78, 5) is 6.85. The normalized spacial score (nSPS) is 31.7. The zero-order chi connectivity index (χ0) is 13.5. The van der Waals surface area contributed by atoms with Crippen molar-refractivity contribution in [1.29, 1.82) is 0 Å². The van der Waals surface area contributed by atoms with E-state index in [1.54, 1.807) is 0 Å². The number of rotatable bonds is 2. The van der Waals surface area contributed by atoms with Crippen LogP contribution in [0.3, 0.4) is 0 Å². The van der Waals surface area contributed by atoms with Crippen molar-refractivity contribution in [3.8, 4) is 0 Å². The minimum Gasteiger partial charge on any atom is -0.391 e. The second kappa shape index (κ2) is 4.87. The molecule has 2 atom stereocenters. The van der Waals surface area contributed by atoms with E-state index in [0.29, 0.717) is 11.9 Å². The Balaban J connectivity index is 1.65. The van der Waals surface area contributed by atoms with Crippen molar-refractivity contribution in [1.82, 2.24) is 15.0 Å². The molecule has 1 aliphatic carbocycles. The summed E-state index contributed by atoms with van der Waals surface area (Å²) in [6.07, 6.45) is 5.17. The predicted octanol–water partition coefficient (Wildman–Crippen LogP) is 1.64. The molecule has 2 heterocycles. The zero-order valence-electron chi connectivity index (χ0n) is 11.8. The number of hydrogen-bond donors (Lipinski definition) is 1. The summed E-state index contributed by atoms with van der Waals surface area (Å²) in [5, 5.41) is 13.9. The van der Waals surface area contributed by atoms with E-state index in [2.05, 4.69) is 22.0 Å². The molecule has 0 spiro atoms. The van der Waals surface area contributed by atoms with E-state index in [0.717, 1.165) is 51.1 Å². The first-order valence-electron chi connectivity index (χ1n) is 7.31. The molecular formula is C14H23N3O2. The molecule has 1 aliphatic heterocycles. The van der Waals surface area contributed by atoms with Gasteiger partial charge in [0.15, 0.2) is 5.82 Å². The van der Waals surface area contributed by atoms with Crippen LogP contribution in [-0.4, -0.2) is 45.4 Å². The van der Waals surface area contributed by atoms with Crippen LogP contribution >= 0.6 is 0 Å². The van der Waals surface area contributed by atoms with Gasteiger partial charge in [-0.15, -0.1) is 0 Å². The van der Waals surface area contributed by atoms with Crippen LogP contribution in [0.5, 0.6) is 0 Å². The Morgan fingerprint density at radius 3 is 2.58 bits per heavy atom. The maximum Gasteiger partial charge on any atom is 0.232 e. The molecule has 1 N–H and O–H groups in total. The van der Waals surface area contributed by atoms with Crippen LogP contribution in [0, 0.1) is 6.92 Å². The Labute approximate surface area is 114 Å². The van der Waals surface area contributed by atoms with Gasteiger partial charge in [0, 0.05) is 11.5 Å². The maximum atomic E-state index is 10.0. The molecule has 0 radical (unpaired) electrons. The second-order valence-corrected chi connectivity index (χ2v) is 6.31. The van der Waals surface area contributed by atoms with E-state index in [1.807, 2.05) is 6.92 Å². The summed E-state index contributed by atoms with van der Waals surface area (Å²) in [6.45, 7) is 6.10. The molecule has 5 heteroatoms. The minimum absolute atomic E-state index is 0.00131. The van der Waals surface area contributed by atoms with Crippen LogP contribution in [0.4, 0.5) is 0 Å². The minimum atomic E-state index is -0.130. The van der Waals surface area contributed by atoms with Crippen molar-refractivity contribution in [3.05, 3.63) is 11.7 Å². The molecule has 2 aliphatic rings. The zero-order valence-corrected chi connectivity index (χ0v) is 11.8. The fourth-order valence-electron chi connectivity index (χ4n) is 3.45. The lowest BCUT2D eigenvalue weighted by atomic mass is 9.79. The Hall–Kier alpha value is -0.940. The Kier molecular flexibility index (Phi) is 3.35. The third kappa shape index (κ3) is 2.41. The number of nitrogens with zero attached hydrogens (tertiary/aromatic N) is 3. The number of aromatic nitrogens is 2. The monoisotopic (exact) mass is 265 g/mol. The lowest BCUT2D eigenvalue weighted by Crippen LogP contribution is -2.48. The summed E-state index contributed by atoms with van der Waals surface area (Å²) in [6, 6.07) is 0.369. The fraction of sp³-hybridized carbons (Fsp3) is 0.857. The molecule has 19 heavy (non-hydrogen) atoms. The molecule has 106 valence electrons. The number of hydrogen-bond acceptors (Lipinski definition) is 5. The highest BCUT2D eigenvalue weighted by Crippen LogP contribution is 2.36. The summed E-state index contributed by atoms with van der Waals surface area (Å²) in [5.41, 5.74) is 0.00131. The van der Waals surface area contributed by atoms with Crippen molar-refractivity contribution < 1.29 is 9.63 Å². The number of aryl methyl sites for hydroxylation is 1. The van der Waals surface area contributed by atoms with Crippen molar-refractivity contribution >= 4 is 0 Å². The fourth-order valence-corrected chi connectivity index (χ4v) is 3.45. The Bertz CT molecular complexity index is 438. The first-order valence-corrected chi connectivity index (χ1v) is 7.31. The third-order valence-electron chi connectivity index (χ3n) is 4.86. The predicted molar refractivity (Wildman–Crippen MR) is 70.8 cm³/mol. The summed E-state index contributed by atoms with van der Waals surface area (Å²) in [5.74, 6) is 1.49. The summed E-state index contributed by atoms with van der Waals surface area (Å²) >= 11 is 0. The van der Waals surface area contributed by atoms with Gasteiger partial charge in [0.2, 0.25) is 5.89 Å². The molecule has 5 nitrogen and oxygen atoms in total. The second-order valence-electron chi connectivity index (χ2n) is 6.31. The van der Waals surface area contributed by atoms with Gasteiger partial charge in [0.1, 0.15) is 0 Å². The van der Waals surface area contributed by atoms with Crippen molar-refractivity contribution in [2.45, 2.75) is 63.5 Å². The SMILES string of the molecule is Cc1noc(C2(C)CCN([C@H]3CCC[C@H]3O)CC2)n1. The number of piperidine rings is 1. The van der Waals surface area contributed by atoms with Crippen molar-refractivity contribution in [2.24, 2.45) is 0 Å². The quantitative estimate of drug-likeness (QED) is 0.881. The third-order valence-corrected chi connectivity index (χ3v) is 4.86. The summed E-state index contributed by atoms with van der Waals surface area (Å²) in [7, 11) is 0. The molecule has 1 saturated heterocycles. The maximum absolute atomic E-state index is 10.0. The average molecular weight is 265 g/mol. The molecule has 0 amide bonds. The van der Waals surface area contributed by atoms with Crippen LogP contribution < -0.4 is 0 Å². The van der Waals surface area contributed by atoms with Gasteiger partial charge in [-0.3, -0.25) is 4.90 Å². The van der Waals surface area contributed by atoms with Crippen LogP contribution in [0.1, 0.15) is 50.7 Å². The van der Waals surface area contributed by atoms with Gasteiger partial charge in [0.25, 0.3) is 0 Å². The number of aliphatic hydroxyl groups excluding tert-OH is 1. The molecule has 0 aromatic carbocycles.